The molecule has 10 heteroatoms. The van der Waals surface area contributed by atoms with Gasteiger partial charge in [-0.15, -0.1) is 0 Å². The lowest BCUT2D eigenvalue weighted by molar-refractivity contribution is -0.394. The van der Waals surface area contributed by atoms with E-state index in [0.717, 1.165) is 0 Å². The first-order chi connectivity index (χ1) is 6.43. The average molecular weight is 261 g/mol. The molecular formula is C6H4ClF3N2O4. The minimum Gasteiger partial charge on any atom is -0.269 e. The third-order valence-corrected chi connectivity index (χ3v) is 1.78. The Kier molecular flexibility index (Phi) is 6.05. The summed E-state index contributed by atoms with van der Waals surface area (Å²) in [4.78, 5) is 18.6. The Hall–Kier alpha value is -1.90. The van der Waals surface area contributed by atoms with E-state index < -0.39 is 32.1 Å². The van der Waals surface area contributed by atoms with E-state index in [-0.39, 0.29) is 9.41 Å². The maximum absolute atomic E-state index is 12.7. The van der Waals surface area contributed by atoms with Gasteiger partial charge in [-0.1, -0.05) is 11.6 Å². The molecule has 1 rings (SSSR count). The molecule has 6 nitrogen and oxygen atoms in total. The molecule has 0 unspecified atom stereocenters. The molecule has 0 spiro atoms. The summed E-state index contributed by atoms with van der Waals surface area (Å²) in [7, 11) is 0. The predicted molar refractivity (Wildman–Crippen MR) is 49.7 cm³/mol. The zero-order chi connectivity index (χ0) is 10.9. The molecule has 1 aromatic rings. The third-order valence-electron chi connectivity index (χ3n) is 1.39. The van der Waals surface area contributed by atoms with E-state index in [1.54, 1.807) is 0 Å². The van der Waals surface area contributed by atoms with Gasteiger partial charge in [-0.3, -0.25) is 29.6 Å². The largest absolute Gasteiger partial charge is 0.297 e. The molecule has 16 heavy (non-hydrogen) atoms. The van der Waals surface area contributed by atoms with Crippen LogP contribution in [0.3, 0.4) is 0 Å². The molecule has 0 aliphatic carbocycles. The molecule has 0 aliphatic rings. The quantitative estimate of drug-likeness (QED) is 0.604. The van der Waals surface area contributed by atoms with E-state index >= 15 is 0 Å². The van der Waals surface area contributed by atoms with Crippen LogP contribution in [0.5, 0.6) is 0 Å². The molecule has 0 amide bonds. The van der Waals surface area contributed by atoms with Gasteiger partial charge in [0.25, 0.3) is 11.4 Å². The second kappa shape index (κ2) is 5.85. The number of rotatable bonds is 2. The third kappa shape index (κ3) is 3.05. The Morgan fingerprint density at radius 1 is 1.06 bits per heavy atom. The molecular weight excluding hydrogens is 257 g/mol. The van der Waals surface area contributed by atoms with Gasteiger partial charge >= 0.3 is 0 Å². The van der Waals surface area contributed by atoms with Crippen molar-refractivity contribution in [2.45, 2.75) is 0 Å². The Morgan fingerprint density at radius 3 is 1.62 bits per heavy atom. The van der Waals surface area contributed by atoms with Gasteiger partial charge in [0.2, 0.25) is 0 Å². The minimum atomic E-state index is -1.08. The van der Waals surface area contributed by atoms with Crippen molar-refractivity contribution in [3.63, 3.8) is 0 Å². The number of halogens is 4. The van der Waals surface area contributed by atoms with Crippen molar-refractivity contribution in [2.75, 3.05) is 0 Å². The molecule has 1 aromatic carbocycles. The molecule has 0 radical (unpaired) electrons. The summed E-state index contributed by atoms with van der Waals surface area (Å²) in [6.45, 7) is 0. The van der Waals surface area contributed by atoms with Gasteiger partial charge in [0.15, 0.2) is 5.02 Å². The van der Waals surface area contributed by atoms with Crippen LogP contribution in [0.25, 0.3) is 0 Å². The highest BCUT2D eigenvalue weighted by Crippen LogP contribution is 2.34. The van der Waals surface area contributed by atoms with E-state index in [1.807, 2.05) is 0 Å². The first-order valence-corrected chi connectivity index (χ1v) is 3.59. The number of nitrogens with zero attached hydrogens (tertiary/aromatic N) is 2. The number of hydrogen-bond acceptors (Lipinski definition) is 4. The first-order valence-electron chi connectivity index (χ1n) is 3.21. The first kappa shape index (κ1) is 16.5. The number of nitro groups is 2. The second-order valence-electron chi connectivity index (χ2n) is 2.27. The van der Waals surface area contributed by atoms with Crippen LogP contribution in [-0.4, -0.2) is 9.85 Å². The molecule has 90 valence electrons. The minimum absolute atomic E-state index is 0. The van der Waals surface area contributed by atoms with Crippen LogP contribution in [0.1, 0.15) is 0 Å². The maximum Gasteiger partial charge on any atom is 0.297 e. The summed E-state index contributed by atoms with van der Waals surface area (Å²) in [5.41, 5.74) is -1.64. The van der Waals surface area contributed by atoms with Gasteiger partial charge < -0.3 is 0 Å². The number of benzene rings is 1. The van der Waals surface area contributed by atoms with Gasteiger partial charge in [0.1, 0.15) is 5.82 Å². The molecule has 0 heterocycles. The van der Waals surface area contributed by atoms with Gasteiger partial charge in [0, 0.05) is 0 Å². The normalized spacial score (nSPS) is 8.62. The maximum atomic E-state index is 12.7. The lowest BCUT2D eigenvalue weighted by Gasteiger charge is -1.96. The lowest BCUT2D eigenvalue weighted by atomic mass is 10.3. The van der Waals surface area contributed by atoms with Crippen LogP contribution in [0.2, 0.25) is 5.02 Å². The topological polar surface area (TPSA) is 86.3 Å². The molecule has 0 bridgehead atoms. The fourth-order valence-electron chi connectivity index (χ4n) is 0.827. The van der Waals surface area contributed by atoms with E-state index in [4.69, 9.17) is 11.6 Å². The summed E-state index contributed by atoms with van der Waals surface area (Å²) in [6.07, 6.45) is 0. The van der Waals surface area contributed by atoms with Crippen molar-refractivity contribution in [3.05, 3.63) is 43.2 Å². The van der Waals surface area contributed by atoms with Crippen molar-refractivity contribution in [1.82, 2.24) is 0 Å². The number of hydrogen-bond donors (Lipinski definition) is 0. The van der Waals surface area contributed by atoms with Gasteiger partial charge in [-0.25, -0.2) is 4.39 Å². The summed E-state index contributed by atoms with van der Waals surface area (Å²) in [5, 5.41) is 19.9. The summed E-state index contributed by atoms with van der Waals surface area (Å²) >= 11 is 5.32. The molecule has 0 saturated carbocycles. The van der Waals surface area contributed by atoms with Crippen LogP contribution in [0.15, 0.2) is 12.1 Å². The molecule has 0 atom stereocenters. The van der Waals surface area contributed by atoms with Gasteiger partial charge in [0.05, 0.1) is 22.0 Å². The van der Waals surface area contributed by atoms with E-state index in [0.29, 0.717) is 12.1 Å². The highest BCUT2D eigenvalue weighted by atomic mass is 35.5. The fraction of sp³-hybridized carbons (Fsp3) is 0. The van der Waals surface area contributed by atoms with Crippen molar-refractivity contribution in [3.8, 4) is 0 Å². The molecule has 0 aliphatic heterocycles. The van der Waals surface area contributed by atoms with Gasteiger partial charge in [-0.2, -0.15) is 0 Å². The predicted octanol–water partition coefficient (Wildman–Crippen LogP) is 2.60. The summed E-state index contributed by atoms with van der Waals surface area (Å²) in [6, 6.07) is 1.05. The van der Waals surface area contributed by atoms with Crippen LogP contribution in [0.4, 0.5) is 25.2 Å². The van der Waals surface area contributed by atoms with Crippen LogP contribution in [-0.2, 0) is 0 Å². The zero-order valence-electron chi connectivity index (χ0n) is 7.25. The van der Waals surface area contributed by atoms with Crippen molar-refractivity contribution in [2.24, 2.45) is 0 Å². The van der Waals surface area contributed by atoms with Crippen molar-refractivity contribution in [1.29, 1.82) is 0 Å². The van der Waals surface area contributed by atoms with Crippen LogP contribution < -0.4 is 0 Å². The Balaban J connectivity index is 0. The Morgan fingerprint density at radius 2 is 1.38 bits per heavy atom. The summed E-state index contributed by atoms with van der Waals surface area (Å²) in [5.74, 6) is -1.08. The van der Waals surface area contributed by atoms with E-state index in [9.17, 15) is 24.6 Å². The van der Waals surface area contributed by atoms with Crippen molar-refractivity contribution >= 4 is 23.0 Å². The SMILES string of the molecule is F.F.O=[N+]([O-])c1cc(F)cc([N+](=O)[O-])c1Cl. The molecule has 0 saturated heterocycles. The van der Waals surface area contributed by atoms with Gasteiger partial charge in [-0.05, 0) is 0 Å². The molecule has 0 aromatic heterocycles. The standard InChI is InChI=1S/C6H2ClFN2O4.2FH/c7-6-4(9(11)12)1-3(8)2-5(6)10(13)14;;/h1-2H;2*1H. The zero-order valence-corrected chi connectivity index (χ0v) is 8.01. The van der Waals surface area contributed by atoms with E-state index in [2.05, 4.69) is 0 Å². The summed E-state index contributed by atoms with van der Waals surface area (Å²) < 4.78 is 12.7. The van der Waals surface area contributed by atoms with Crippen molar-refractivity contribution < 1.29 is 23.6 Å². The highest BCUT2D eigenvalue weighted by molar-refractivity contribution is 6.34. The Labute approximate surface area is 90.7 Å². The van der Waals surface area contributed by atoms with Crippen LogP contribution in [0, 0.1) is 26.0 Å². The molecule has 0 fully saturated rings. The van der Waals surface area contributed by atoms with E-state index in [1.165, 1.54) is 0 Å². The van der Waals surface area contributed by atoms with Crippen LogP contribution >= 0.6 is 11.6 Å². The second-order valence-corrected chi connectivity index (χ2v) is 2.65. The Bertz CT molecular complexity index is 393. The smallest absolute Gasteiger partial charge is 0.269 e. The number of nitro benzene ring substituents is 2. The average Bonchev–Trinajstić information content (AvgIpc) is 2.07. The lowest BCUT2D eigenvalue weighted by Crippen LogP contribution is -1.96. The monoisotopic (exact) mass is 260 g/mol. The highest BCUT2D eigenvalue weighted by Gasteiger charge is 2.25. The fourth-order valence-corrected chi connectivity index (χ4v) is 1.07. The molecule has 0 N–H and O–H groups in total.